The fraction of sp³-hybridized carbons (Fsp3) is 0.417. The summed E-state index contributed by atoms with van der Waals surface area (Å²) in [6.07, 6.45) is 4.64. The Morgan fingerprint density at radius 3 is 2.83 bits per heavy atom. The van der Waals surface area contributed by atoms with Gasteiger partial charge >= 0.3 is 5.97 Å². The van der Waals surface area contributed by atoms with Gasteiger partial charge in [-0.15, -0.1) is 0 Å². The third-order valence-electron chi connectivity index (χ3n) is 6.26. The number of hydrogen-bond acceptors (Lipinski definition) is 4. The summed E-state index contributed by atoms with van der Waals surface area (Å²) in [6, 6.07) is 9.14. The second-order valence-corrected chi connectivity index (χ2v) is 8.13. The lowest BCUT2D eigenvalue weighted by Gasteiger charge is -2.33. The van der Waals surface area contributed by atoms with Crippen molar-refractivity contribution in [3.8, 4) is 11.8 Å². The molecule has 2 aliphatic rings. The molecule has 156 valence electrons. The number of aliphatic carboxylic acids is 1. The number of ether oxygens (including phenoxy) is 1. The van der Waals surface area contributed by atoms with Crippen molar-refractivity contribution >= 4 is 11.7 Å². The Morgan fingerprint density at radius 2 is 2.17 bits per heavy atom. The summed E-state index contributed by atoms with van der Waals surface area (Å²) in [7, 11) is 0. The number of carboxylic acid groups (broad SMARTS) is 1. The predicted octanol–water partition coefficient (Wildman–Crippen LogP) is 4.52. The summed E-state index contributed by atoms with van der Waals surface area (Å²) in [5, 5.41) is 18.5. The van der Waals surface area contributed by atoms with Gasteiger partial charge in [-0.1, -0.05) is 12.1 Å². The fourth-order valence-electron chi connectivity index (χ4n) is 4.28. The van der Waals surface area contributed by atoms with Crippen molar-refractivity contribution < 1.29 is 19.0 Å². The summed E-state index contributed by atoms with van der Waals surface area (Å²) in [5.41, 5.74) is 5.19. The van der Waals surface area contributed by atoms with Crippen molar-refractivity contribution in [2.45, 2.75) is 58.1 Å². The topological polar surface area (TPSA) is 73.6 Å². The van der Waals surface area contributed by atoms with Crippen molar-refractivity contribution in [3.05, 3.63) is 57.9 Å². The summed E-state index contributed by atoms with van der Waals surface area (Å²) in [5.74, 6) is -0.860. The Hall–Kier alpha value is -3.07. The molecule has 1 N–H and O–H groups in total. The molecule has 0 atom stereocenters. The van der Waals surface area contributed by atoms with Crippen LogP contribution in [0, 0.1) is 24.1 Å². The van der Waals surface area contributed by atoms with Gasteiger partial charge in [0.25, 0.3) is 0 Å². The first-order valence-electron chi connectivity index (χ1n) is 10.4. The van der Waals surface area contributed by atoms with Gasteiger partial charge in [-0.05, 0) is 61.3 Å². The average Bonchev–Trinajstić information content (AvgIpc) is 2.69. The number of aryl methyl sites for hydroxylation is 1. The van der Waals surface area contributed by atoms with E-state index in [0.717, 1.165) is 42.4 Å². The van der Waals surface area contributed by atoms with Crippen molar-refractivity contribution in [2.75, 3.05) is 11.4 Å². The van der Waals surface area contributed by atoms with Crippen LogP contribution in [0.1, 0.15) is 53.5 Å². The summed E-state index contributed by atoms with van der Waals surface area (Å²) < 4.78 is 20.5. The third kappa shape index (κ3) is 3.97. The van der Waals surface area contributed by atoms with Gasteiger partial charge in [0.1, 0.15) is 23.2 Å². The van der Waals surface area contributed by atoms with Crippen LogP contribution in [0.2, 0.25) is 0 Å². The number of halogens is 1. The van der Waals surface area contributed by atoms with Gasteiger partial charge in [-0.2, -0.15) is 5.26 Å². The molecule has 0 aromatic heterocycles. The predicted molar refractivity (Wildman–Crippen MR) is 111 cm³/mol. The van der Waals surface area contributed by atoms with Crippen LogP contribution in [0.3, 0.4) is 0 Å². The highest BCUT2D eigenvalue weighted by molar-refractivity contribution is 5.67. The SMILES string of the molecule is Cc1c(CCC(=O)O)ccc2c1CCN(c1cc(OC3CCC3)cc(F)c1C#N)C2. The molecule has 6 heteroatoms. The molecule has 0 unspecified atom stereocenters. The van der Waals surface area contributed by atoms with Gasteiger partial charge in [0.2, 0.25) is 0 Å². The fourth-order valence-corrected chi connectivity index (χ4v) is 4.28. The van der Waals surface area contributed by atoms with E-state index < -0.39 is 11.8 Å². The Kier molecular flexibility index (Phi) is 5.63. The normalized spacial score (nSPS) is 15.8. The lowest BCUT2D eigenvalue weighted by atomic mass is 9.90. The molecule has 4 rings (SSSR count). The second-order valence-electron chi connectivity index (χ2n) is 8.13. The minimum Gasteiger partial charge on any atom is -0.490 e. The molecule has 5 nitrogen and oxygen atoms in total. The maximum atomic E-state index is 14.6. The molecule has 30 heavy (non-hydrogen) atoms. The zero-order valence-corrected chi connectivity index (χ0v) is 17.1. The van der Waals surface area contributed by atoms with E-state index in [1.807, 2.05) is 30.0 Å². The van der Waals surface area contributed by atoms with Crippen LogP contribution >= 0.6 is 0 Å². The van der Waals surface area contributed by atoms with Gasteiger partial charge in [-0.3, -0.25) is 4.79 Å². The number of anilines is 1. The smallest absolute Gasteiger partial charge is 0.303 e. The molecular weight excluding hydrogens is 383 g/mol. The first-order chi connectivity index (χ1) is 14.5. The van der Waals surface area contributed by atoms with Gasteiger partial charge in [-0.25, -0.2) is 4.39 Å². The van der Waals surface area contributed by atoms with Crippen molar-refractivity contribution in [1.82, 2.24) is 0 Å². The van der Waals surface area contributed by atoms with Crippen LogP contribution in [-0.2, 0) is 24.2 Å². The molecule has 0 saturated heterocycles. The minimum absolute atomic E-state index is 0.0502. The molecule has 0 radical (unpaired) electrons. The van der Waals surface area contributed by atoms with E-state index in [1.54, 1.807) is 6.07 Å². The highest BCUT2D eigenvalue weighted by Gasteiger charge is 2.25. The number of carbonyl (C=O) groups is 1. The van der Waals surface area contributed by atoms with Crippen LogP contribution in [-0.4, -0.2) is 23.7 Å². The van der Waals surface area contributed by atoms with Crippen LogP contribution < -0.4 is 9.64 Å². The highest BCUT2D eigenvalue weighted by Crippen LogP contribution is 2.35. The van der Waals surface area contributed by atoms with Crippen LogP contribution in [0.15, 0.2) is 24.3 Å². The van der Waals surface area contributed by atoms with Crippen molar-refractivity contribution in [1.29, 1.82) is 5.26 Å². The van der Waals surface area contributed by atoms with Gasteiger partial charge < -0.3 is 14.7 Å². The quantitative estimate of drug-likeness (QED) is 0.761. The third-order valence-corrected chi connectivity index (χ3v) is 6.26. The standard InChI is InChI=1S/C24H25FN2O3/c1-15-16(7-8-24(28)29)5-6-17-14-27(10-9-20(15)17)23-12-19(30-18-3-2-4-18)11-22(25)21(23)13-26/h5-6,11-12,18H,2-4,7-10,14H2,1H3,(H,28,29). The molecule has 2 aromatic carbocycles. The zero-order chi connectivity index (χ0) is 21.3. The summed E-state index contributed by atoms with van der Waals surface area (Å²) >= 11 is 0. The minimum atomic E-state index is -0.798. The number of nitriles is 1. The van der Waals surface area contributed by atoms with E-state index in [4.69, 9.17) is 9.84 Å². The van der Waals surface area contributed by atoms with Crippen LogP contribution in [0.4, 0.5) is 10.1 Å². The number of fused-ring (bicyclic) bond motifs is 1. The van der Waals surface area contributed by atoms with Gasteiger partial charge in [0.15, 0.2) is 0 Å². The Labute approximate surface area is 175 Å². The van der Waals surface area contributed by atoms with Gasteiger partial charge in [0, 0.05) is 31.6 Å². The van der Waals surface area contributed by atoms with Crippen LogP contribution in [0.25, 0.3) is 0 Å². The maximum Gasteiger partial charge on any atom is 0.303 e. The van der Waals surface area contributed by atoms with Crippen LogP contribution in [0.5, 0.6) is 5.75 Å². The van der Waals surface area contributed by atoms with E-state index in [-0.39, 0.29) is 18.1 Å². The molecule has 0 amide bonds. The second kappa shape index (κ2) is 8.35. The molecule has 1 heterocycles. The molecule has 1 saturated carbocycles. The van der Waals surface area contributed by atoms with E-state index in [1.165, 1.54) is 11.6 Å². The first kappa shape index (κ1) is 20.2. The van der Waals surface area contributed by atoms with Gasteiger partial charge in [0.05, 0.1) is 11.8 Å². The molecule has 0 spiro atoms. The summed E-state index contributed by atoms with van der Waals surface area (Å²) in [4.78, 5) is 12.9. The Bertz CT molecular complexity index is 1020. The molecule has 2 aromatic rings. The molecule has 0 bridgehead atoms. The number of hydrogen-bond donors (Lipinski definition) is 1. The summed E-state index contributed by atoms with van der Waals surface area (Å²) in [6.45, 7) is 3.28. The van der Waals surface area contributed by atoms with E-state index >= 15 is 0 Å². The number of carboxylic acids is 1. The molecule has 1 aliphatic heterocycles. The first-order valence-corrected chi connectivity index (χ1v) is 10.4. The Balaban J connectivity index is 1.60. The molecule has 1 aliphatic carbocycles. The Morgan fingerprint density at radius 1 is 1.37 bits per heavy atom. The number of nitrogens with zero attached hydrogens (tertiary/aromatic N) is 2. The lowest BCUT2D eigenvalue weighted by Crippen LogP contribution is -2.32. The maximum absolute atomic E-state index is 14.6. The average molecular weight is 408 g/mol. The molecular formula is C24H25FN2O3. The van der Waals surface area contributed by atoms with E-state index in [9.17, 15) is 14.4 Å². The largest absolute Gasteiger partial charge is 0.490 e. The number of benzene rings is 2. The van der Waals surface area contributed by atoms with Crippen molar-refractivity contribution in [2.24, 2.45) is 0 Å². The highest BCUT2D eigenvalue weighted by atomic mass is 19.1. The monoisotopic (exact) mass is 408 g/mol. The molecule has 1 fully saturated rings. The zero-order valence-electron chi connectivity index (χ0n) is 17.1. The lowest BCUT2D eigenvalue weighted by molar-refractivity contribution is -0.136. The number of rotatable bonds is 6. The van der Waals surface area contributed by atoms with E-state index in [2.05, 4.69) is 0 Å². The van der Waals surface area contributed by atoms with Crippen molar-refractivity contribution in [3.63, 3.8) is 0 Å². The van der Waals surface area contributed by atoms with E-state index in [0.29, 0.717) is 30.9 Å².